The quantitative estimate of drug-likeness (QED) is 0.0240. The highest BCUT2D eigenvalue weighted by Gasteiger charge is 2.39. The van der Waals surface area contributed by atoms with Gasteiger partial charge in [0.25, 0.3) is 0 Å². The normalized spacial score (nSPS) is 17.0. The summed E-state index contributed by atoms with van der Waals surface area (Å²) >= 11 is 0. The van der Waals surface area contributed by atoms with Crippen molar-refractivity contribution in [2.75, 3.05) is 13.2 Å². The molecular weight excluding hydrogens is 841 g/mol. The number of hydrogen-bond acceptors (Lipinski definition) is 9. The third-order valence-corrected chi connectivity index (χ3v) is 13.1. The number of rotatable bonds is 37. The Morgan fingerprint density at radius 2 is 1.13 bits per heavy atom. The van der Waals surface area contributed by atoms with Crippen LogP contribution in [0.1, 0.15) is 248 Å². The predicted octanol–water partition coefficient (Wildman–Crippen LogP) is 16.2. The molecule has 0 aromatic rings. The maximum atomic E-state index is 12.0. The Morgan fingerprint density at radius 1 is 0.687 bits per heavy atom. The fraction of sp³-hybridized carbons (Fsp3) is 0.741. The molecular formula is C58H98O9. The first kappa shape index (κ1) is 61.4. The summed E-state index contributed by atoms with van der Waals surface area (Å²) in [6.07, 6.45) is 47.7. The molecule has 0 spiro atoms. The van der Waals surface area contributed by atoms with Crippen molar-refractivity contribution in [3.8, 4) is 0 Å². The molecule has 2 aliphatic rings. The lowest BCUT2D eigenvalue weighted by atomic mass is 9.72. The molecule has 0 saturated carbocycles. The molecule has 1 heterocycles. The minimum absolute atomic E-state index is 0.0720. The Labute approximate surface area is 409 Å². The zero-order valence-electron chi connectivity index (χ0n) is 43.7. The average Bonchev–Trinajstić information content (AvgIpc) is 3.55. The van der Waals surface area contributed by atoms with E-state index in [-0.39, 0.29) is 17.8 Å². The largest absolute Gasteiger partial charge is 0.505 e. The highest BCUT2D eigenvalue weighted by molar-refractivity contribution is 5.89. The molecule has 0 radical (unpaired) electrons. The first-order valence-electron chi connectivity index (χ1n) is 27.0. The van der Waals surface area contributed by atoms with E-state index in [4.69, 9.17) is 9.47 Å². The second-order valence-electron chi connectivity index (χ2n) is 20.0. The molecule has 0 aromatic heterocycles. The molecule has 9 nitrogen and oxygen atoms in total. The SMILES string of the molecule is CCCCCCCCCCCCCCCC(=O)OC/C=C(C)/C=C/C=C(C)/C=C/C1=C(C)CCCC1(C)C.CCCCCCCCCCCCCCCC(=O)OC[C@H](O)[C@H]1OC(=O)C(O)=C1O. The summed E-state index contributed by atoms with van der Waals surface area (Å²) in [6, 6.07) is 0. The van der Waals surface area contributed by atoms with Gasteiger partial charge in [0.1, 0.15) is 19.3 Å². The maximum Gasteiger partial charge on any atom is 0.377 e. The summed E-state index contributed by atoms with van der Waals surface area (Å²) in [5, 5.41) is 28.5. The third kappa shape index (κ3) is 31.2. The van der Waals surface area contributed by atoms with E-state index in [1.54, 1.807) is 0 Å². The van der Waals surface area contributed by atoms with Gasteiger partial charge in [-0.05, 0) is 69.9 Å². The Kier molecular flexibility index (Phi) is 36.0. The van der Waals surface area contributed by atoms with Gasteiger partial charge in [-0.15, -0.1) is 0 Å². The second-order valence-corrected chi connectivity index (χ2v) is 20.0. The van der Waals surface area contributed by atoms with Crippen LogP contribution in [0, 0.1) is 5.41 Å². The highest BCUT2D eigenvalue weighted by Crippen LogP contribution is 2.40. The molecule has 0 unspecified atom stereocenters. The minimum atomic E-state index is -1.42. The summed E-state index contributed by atoms with van der Waals surface area (Å²) in [6.45, 7) is 15.6. The number of esters is 3. The second kappa shape index (κ2) is 39.3. The number of aliphatic hydroxyl groups is 3. The number of aliphatic hydroxyl groups excluding tert-OH is 3. The zero-order chi connectivity index (χ0) is 49.5. The van der Waals surface area contributed by atoms with Crippen molar-refractivity contribution in [1.29, 1.82) is 0 Å². The van der Waals surface area contributed by atoms with Crippen LogP contribution in [-0.4, -0.2) is 58.6 Å². The molecule has 384 valence electrons. The van der Waals surface area contributed by atoms with E-state index in [1.807, 2.05) is 6.08 Å². The third-order valence-electron chi connectivity index (χ3n) is 13.1. The van der Waals surface area contributed by atoms with Crippen molar-refractivity contribution < 1.29 is 43.9 Å². The number of carbonyl (C=O) groups excluding carboxylic acids is 3. The van der Waals surface area contributed by atoms with E-state index < -0.39 is 42.3 Å². The van der Waals surface area contributed by atoms with Gasteiger partial charge in [-0.3, -0.25) is 9.59 Å². The number of unbranched alkanes of at least 4 members (excludes halogenated alkanes) is 24. The summed E-state index contributed by atoms with van der Waals surface area (Å²) in [5.74, 6) is -3.28. The first-order chi connectivity index (χ1) is 32.2. The zero-order valence-corrected chi connectivity index (χ0v) is 43.7. The van der Waals surface area contributed by atoms with Crippen LogP contribution in [0.3, 0.4) is 0 Å². The van der Waals surface area contributed by atoms with Crippen LogP contribution in [0.25, 0.3) is 0 Å². The Morgan fingerprint density at radius 3 is 1.57 bits per heavy atom. The highest BCUT2D eigenvalue weighted by atomic mass is 16.6. The average molecular weight is 939 g/mol. The van der Waals surface area contributed by atoms with Crippen molar-refractivity contribution in [3.63, 3.8) is 0 Å². The molecule has 3 N–H and O–H groups in total. The van der Waals surface area contributed by atoms with Crippen molar-refractivity contribution in [2.45, 2.75) is 260 Å². The minimum Gasteiger partial charge on any atom is -0.505 e. The fourth-order valence-corrected chi connectivity index (χ4v) is 8.68. The summed E-state index contributed by atoms with van der Waals surface area (Å²) in [4.78, 5) is 34.8. The Hall–Kier alpha value is -3.59. The fourth-order valence-electron chi connectivity index (χ4n) is 8.68. The summed E-state index contributed by atoms with van der Waals surface area (Å²) in [5.41, 5.74) is 5.65. The van der Waals surface area contributed by atoms with Gasteiger partial charge in [-0.2, -0.15) is 0 Å². The number of cyclic esters (lactones) is 1. The van der Waals surface area contributed by atoms with Gasteiger partial charge < -0.3 is 29.5 Å². The van der Waals surface area contributed by atoms with Crippen molar-refractivity contribution in [2.24, 2.45) is 5.41 Å². The van der Waals surface area contributed by atoms with Crippen LogP contribution in [0.15, 0.2) is 70.3 Å². The summed E-state index contributed by atoms with van der Waals surface area (Å²) < 4.78 is 15.0. The van der Waals surface area contributed by atoms with Crippen LogP contribution >= 0.6 is 0 Å². The molecule has 0 amide bonds. The lowest BCUT2D eigenvalue weighted by Crippen LogP contribution is -2.33. The van der Waals surface area contributed by atoms with E-state index in [0.29, 0.717) is 13.0 Å². The van der Waals surface area contributed by atoms with Crippen molar-refractivity contribution in [3.05, 3.63) is 70.3 Å². The van der Waals surface area contributed by atoms with Crippen molar-refractivity contribution >= 4 is 17.9 Å². The predicted molar refractivity (Wildman–Crippen MR) is 277 cm³/mol. The molecule has 67 heavy (non-hydrogen) atoms. The van der Waals surface area contributed by atoms with Crippen LogP contribution in [-0.2, 0) is 28.6 Å². The smallest absolute Gasteiger partial charge is 0.377 e. The van der Waals surface area contributed by atoms with E-state index >= 15 is 0 Å². The lowest BCUT2D eigenvalue weighted by Gasteiger charge is -2.32. The standard InChI is InChI=1S/C36H60O2.C22H38O7/c1-7-8-9-10-11-12-13-14-15-16-17-18-19-25-35(37)38-30-28-32(3)23-20-22-31(2)26-27-34-33(4)24-21-29-36(34,5)6;1-2-3-4-5-6-7-8-9-10-11-12-13-14-15-18(24)28-16-17(23)21-19(25)20(26)22(27)29-21/h20,22-23,26-28H,7-19,21,24-25,29-30H2,1-6H3;17,21,23,25-26H,2-16H2,1H3/b23-20+,27-26+,31-22+,32-28+;/t;17-,21+/m.0/s1. The van der Waals surface area contributed by atoms with Crippen LogP contribution in [0.4, 0.5) is 0 Å². The Bertz CT molecular complexity index is 1540. The summed E-state index contributed by atoms with van der Waals surface area (Å²) in [7, 11) is 0. The molecule has 1 aliphatic carbocycles. The van der Waals surface area contributed by atoms with Gasteiger partial charge in [0.2, 0.25) is 5.76 Å². The van der Waals surface area contributed by atoms with Gasteiger partial charge in [-0.1, -0.05) is 229 Å². The van der Waals surface area contributed by atoms with Gasteiger partial charge in [0.15, 0.2) is 11.9 Å². The van der Waals surface area contributed by atoms with E-state index in [2.05, 4.69) is 83.6 Å². The number of carbonyl (C=O) groups is 3. The van der Waals surface area contributed by atoms with Gasteiger partial charge in [0, 0.05) is 12.8 Å². The van der Waals surface area contributed by atoms with Gasteiger partial charge in [0.05, 0.1) is 0 Å². The number of hydrogen-bond donors (Lipinski definition) is 3. The van der Waals surface area contributed by atoms with Gasteiger partial charge >= 0.3 is 17.9 Å². The lowest BCUT2D eigenvalue weighted by molar-refractivity contribution is -0.154. The molecule has 9 heteroatoms. The van der Waals surface area contributed by atoms with Crippen LogP contribution in [0.5, 0.6) is 0 Å². The van der Waals surface area contributed by atoms with E-state index in [0.717, 1.165) is 37.7 Å². The molecule has 0 aromatic carbocycles. The Balaban J connectivity index is 0.000000695. The molecule has 0 fully saturated rings. The maximum absolute atomic E-state index is 12.0. The molecule has 0 saturated heterocycles. The van der Waals surface area contributed by atoms with Gasteiger partial charge in [-0.25, -0.2) is 4.79 Å². The molecule has 1 aliphatic heterocycles. The van der Waals surface area contributed by atoms with Crippen molar-refractivity contribution in [1.82, 2.24) is 0 Å². The van der Waals surface area contributed by atoms with Crippen LogP contribution in [0.2, 0.25) is 0 Å². The number of ether oxygens (including phenoxy) is 3. The molecule has 0 bridgehead atoms. The molecule has 2 atom stereocenters. The van der Waals surface area contributed by atoms with E-state index in [9.17, 15) is 29.7 Å². The topological polar surface area (TPSA) is 140 Å². The molecule has 2 rings (SSSR count). The monoisotopic (exact) mass is 939 g/mol. The first-order valence-corrected chi connectivity index (χ1v) is 27.0. The van der Waals surface area contributed by atoms with E-state index in [1.165, 1.54) is 171 Å². The number of allylic oxidation sites excluding steroid dienone is 9. The van der Waals surface area contributed by atoms with Crippen LogP contribution < -0.4 is 0 Å².